The lowest BCUT2D eigenvalue weighted by molar-refractivity contribution is -0.116. The zero-order valence-corrected chi connectivity index (χ0v) is 24.3. The first-order chi connectivity index (χ1) is 18.7. The molecule has 1 aliphatic heterocycles. The number of anilines is 1. The van der Waals surface area contributed by atoms with E-state index in [1.807, 2.05) is 30.0 Å². The summed E-state index contributed by atoms with van der Waals surface area (Å²) >= 11 is 8.29. The average Bonchev–Trinajstić information content (AvgIpc) is 2.90. The molecule has 1 aliphatic carbocycles. The maximum absolute atomic E-state index is 13.6. The molecule has 1 heterocycles. The summed E-state index contributed by atoms with van der Waals surface area (Å²) in [6.45, 7) is 8.26. The van der Waals surface area contributed by atoms with Crippen LogP contribution in [-0.2, 0) is 10.5 Å². The number of hydrogen-bond donors (Lipinski definition) is 1. The van der Waals surface area contributed by atoms with Crippen molar-refractivity contribution < 1.29 is 4.79 Å². The average molecular weight is 554 g/mol. The van der Waals surface area contributed by atoms with Crippen molar-refractivity contribution in [3.63, 3.8) is 0 Å². The fraction of sp³-hybridized carbons (Fsp3) is 0.273. The lowest BCUT2D eigenvalue weighted by Crippen LogP contribution is -2.39. The van der Waals surface area contributed by atoms with Crippen LogP contribution >= 0.6 is 23.4 Å². The van der Waals surface area contributed by atoms with Crippen LogP contribution in [0.5, 0.6) is 0 Å². The van der Waals surface area contributed by atoms with Crippen molar-refractivity contribution in [2.24, 2.45) is 5.73 Å². The summed E-state index contributed by atoms with van der Waals surface area (Å²) < 4.78 is 0. The molecule has 39 heavy (non-hydrogen) atoms. The molecule has 1 unspecified atom stereocenters. The standard InChI is InChI=1S/C33H32ClN3OS/c1-19-12-13-24(16-27(19)34)37-28-9-7-10-29(38)32(28)31(26(17-35)33(37)36)25-15-23(21(3)14-22(25)4)18-39-30-11-6-5-8-20(30)2/h5-6,8,11-16,31H,7,9-10,18,36H2,1-4H3. The Morgan fingerprint density at radius 3 is 2.49 bits per heavy atom. The molecule has 0 bridgehead atoms. The third-order valence-corrected chi connectivity index (χ3v) is 9.47. The number of carbonyl (C=O) groups is 1. The van der Waals surface area contributed by atoms with Gasteiger partial charge in [-0.3, -0.25) is 9.69 Å². The smallest absolute Gasteiger partial charge is 0.161 e. The van der Waals surface area contributed by atoms with Crippen molar-refractivity contribution >= 4 is 34.8 Å². The maximum atomic E-state index is 13.6. The van der Waals surface area contributed by atoms with Crippen molar-refractivity contribution in [3.8, 4) is 6.07 Å². The minimum absolute atomic E-state index is 0.0838. The number of thioether (sulfide) groups is 1. The minimum atomic E-state index is -0.488. The number of rotatable bonds is 5. The Morgan fingerprint density at radius 2 is 1.77 bits per heavy atom. The van der Waals surface area contributed by atoms with E-state index in [1.54, 1.807) is 11.8 Å². The van der Waals surface area contributed by atoms with E-state index < -0.39 is 5.92 Å². The largest absolute Gasteiger partial charge is 0.384 e. The highest BCUT2D eigenvalue weighted by Crippen LogP contribution is 2.47. The van der Waals surface area contributed by atoms with Crippen LogP contribution in [0.3, 0.4) is 0 Å². The molecule has 4 nitrogen and oxygen atoms in total. The minimum Gasteiger partial charge on any atom is -0.384 e. The van der Waals surface area contributed by atoms with Gasteiger partial charge in [0.15, 0.2) is 5.78 Å². The highest BCUT2D eigenvalue weighted by Gasteiger charge is 2.41. The van der Waals surface area contributed by atoms with E-state index in [0.29, 0.717) is 34.8 Å². The van der Waals surface area contributed by atoms with Crippen LogP contribution in [0.25, 0.3) is 0 Å². The number of carbonyl (C=O) groups excluding carboxylic acids is 1. The van der Waals surface area contributed by atoms with Gasteiger partial charge in [-0.2, -0.15) is 5.26 Å². The molecule has 0 saturated heterocycles. The van der Waals surface area contributed by atoms with E-state index in [-0.39, 0.29) is 5.78 Å². The van der Waals surface area contributed by atoms with Gasteiger partial charge in [0, 0.05) is 39.0 Å². The van der Waals surface area contributed by atoms with Gasteiger partial charge in [0.25, 0.3) is 0 Å². The SMILES string of the molecule is Cc1ccc(N2C(N)=C(C#N)C(c3cc(CSc4ccccc4C)c(C)cc3C)C3=C2CCCC3=O)cc1Cl. The summed E-state index contributed by atoms with van der Waals surface area (Å²) in [6.07, 6.45) is 1.93. The molecule has 0 aromatic heterocycles. The second-order valence-corrected chi connectivity index (χ2v) is 11.9. The van der Waals surface area contributed by atoms with E-state index in [2.05, 4.69) is 63.2 Å². The lowest BCUT2D eigenvalue weighted by atomic mass is 9.74. The van der Waals surface area contributed by atoms with Crippen LogP contribution in [0.4, 0.5) is 5.69 Å². The number of allylic oxidation sites excluding steroid dienone is 3. The Bertz CT molecular complexity index is 1600. The van der Waals surface area contributed by atoms with Crippen molar-refractivity contribution in [1.29, 1.82) is 5.26 Å². The molecule has 2 aliphatic rings. The number of ketones is 1. The molecule has 3 aromatic carbocycles. The molecular formula is C33H32ClN3OS. The van der Waals surface area contributed by atoms with E-state index in [9.17, 15) is 10.1 Å². The summed E-state index contributed by atoms with van der Waals surface area (Å²) in [7, 11) is 0. The Morgan fingerprint density at radius 1 is 1.00 bits per heavy atom. The van der Waals surface area contributed by atoms with Gasteiger partial charge in [0.1, 0.15) is 5.82 Å². The molecule has 1 atom stereocenters. The van der Waals surface area contributed by atoms with Crippen LogP contribution in [0.1, 0.15) is 58.6 Å². The molecule has 3 aromatic rings. The Hall–Kier alpha value is -3.46. The van der Waals surface area contributed by atoms with Crippen LogP contribution in [0.15, 0.2) is 82.2 Å². The highest BCUT2D eigenvalue weighted by molar-refractivity contribution is 7.98. The highest BCUT2D eigenvalue weighted by atomic mass is 35.5. The predicted octanol–water partition coefficient (Wildman–Crippen LogP) is 8.17. The first-order valence-corrected chi connectivity index (χ1v) is 14.6. The number of hydrogen-bond acceptors (Lipinski definition) is 5. The maximum Gasteiger partial charge on any atom is 0.161 e. The van der Waals surface area contributed by atoms with Crippen molar-refractivity contribution in [1.82, 2.24) is 0 Å². The summed E-state index contributed by atoms with van der Waals surface area (Å²) in [5, 5.41) is 11.1. The molecule has 0 saturated carbocycles. The van der Waals surface area contributed by atoms with Crippen molar-refractivity contribution in [2.45, 2.75) is 63.5 Å². The van der Waals surface area contributed by atoms with Gasteiger partial charge in [0.2, 0.25) is 0 Å². The predicted molar refractivity (Wildman–Crippen MR) is 161 cm³/mol. The van der Waals surface area contributed by atoms with Gasteiger partial charge in [0.05, 0.1) is 17.6 Å². The van der Waals surface area contributed by atoms with Crippen molar-refractivity contribution in [2.75, 3.05) is 4.90 Å². The van der Waals surface area contributed by atoms with E-state index >= 15 is 0 Å². The quantitative estimate of drug-likeness (QED) is 0.323. The summed E-state index contributed by atoms with van der Waals surface area (Å²) in [5.41, 5.74) is 16.2. The fourth-order valence-corrected chi connectivity index (χ4v) is 6.94. The molecule has 198 valence electrons. The van der Waals surface area contributed by atoms with Crippen LogP contribution < -0.4 is 10.6 Å². The van der Waals surface area contributed by atoms with Gasteiger partial charge in [-0.1, -0.05) is 48.0 Å². The zero-order chi connectivity index (χ0) is 27.8. The second kappa shape index (κ2) is 11.0. The molecule has 0 spiro atoms. The Labute approximate surface area is 240 Å². The molecule has 0 radical (unpaired) electrons. The normalized spacial score (nSPS) is 17.4. The summed E-state index contributed by atoms with van der Waals surface area (Å²) in [4.78, 5) is 16.7. The first kappa shape index (κ1) is 27.1. The number of aryl methyl sites for hydroxylation is 4. The van der Waals surface area contributed by atoms with Crippen LogP contribution in [-0.4, -0.2) is 5.78 Å². The molecule has 2 N–H and O–H groups in total. The molecular weight excluding hydrogens is 522 g/mol. The number of benzene rings is 3. The lowest BCUT2D eigenvalue weighted by Gasteiger charge is -2.40. The first-order valence-electron chi connectivity index (χ1n) is 13.2. The number of nitrogens with zero attached hydrogens (tertiary/aromatic N) is 2. The van der Waals surface area contributed by atoms with Crippen molar-refractivity contribution in [3.05, 3.63) is 116 Å². The second-order valence-electron chi connectivity index (χ2n) is 10.4. The molecule has 0 amide bonds. The van der Waals surface area contributed by atoms with E-state index in [4.69, 9.17) is 17.3 Å². The third-order valence-electron chi connectivity index (χ3n) is 7.84. The van der Waals surface area contributed by atoms with Crippen LogP contribution in [0, 0.1) is 39.0 Å². The number of Topliss-reactive ketones (excluding diaryl/α,β-unsaturated/α-hetero) is 1. The topological polar surface area (TPSA) is 70.1 Å². The molecule has 6 heteroatoms. The number of nitrogens with two attached hydrogens (primary N) is 1. The van der Waals surface area contributed by atoms with E-state index in [0.717, 1.165) is 40.2 Å². The van der Waals surface area contributed by atoms with Gasteiger partial charge < -0.3 is 5.73 Å². The van der Waals surface area contributed by atoms with Gasteiger partial charge in [-0.05, 0) is 92.1 Å². The van der Waals surface area contributed by atoms with Gasteiger partial charge >= 0.3 is 0 Å². The Kier molecular flexibility index (Phi) is 7.62. The zero-order valence-electron chi connectivity index (χ0n) is 22.8. The van der Waals surface area contributed by atoms with Gasteiger partial charge in [-0.15, -0.1) is 11.8 Å². The summed E-state index contributed by atoms with van der Waals surface area (Å²) in [5.74, 6) is 0.760. The van der Waals surface area contributed by atoms with Crippen LogP contribution in [0.2, 0.25) is 5.02 Å². The fourth-order valence-electron chi connectivity index (χ4n) is 5.67. The summed E-state index contributed by atoms with van der Waals surface area (Å²) in [6, 6.07) is 20.9. The molecule has 0 fully saturated rings. The number of nitriles is 1. The Balaban J connectivity index is 1.64. The van der Waals surface area contributed by atoms with E-state index in [1.165, 1.54) is 21.6 Å². The van der Waals surface area contributed by atoms with Gasteiger partial charge in [-0.25, -0.2) is 0 Å². The molecule has 5 rings (SSSR count). The number of halogens is 1. The third kappa shape index (κ3) is 5.00. The monoisotopic (exact) mass is 553 g/mol.